The molecule has 356 valence electrons. The van der Waals surface area contributed by atoms with Crippen molar-refractivity contribution in [3.05, 3.63) is 72.9 Å². The van der Waals surface area contributed by atoms with Crippen molar-refractivity contribution < 1.29 is 76.4 Å². The van der Waals surface area contributed by atoms with E-state index in [0.29, 0.717) is 73.1 Å². The van der Waals surface area contributed by atoms with Crippen LogP contribution in [-0.2, 0) is 61.8 Å². The SMILES string of the molecule is C=C(C)C(=O)OCCCNCCCOC(=O)C(=C)C.C=C(C)C(=O)OCCCNCCCOC(=O)C(=C)C.C=C(C)C(=O)OCCCNCCCOC(=O)C(=C)C.O=P(O)(O)O. The number of rotatable bonds is 30. The molecule has 0 bridgehead atoms. The van der Waals surface area contributed by atoms with Gasteiger partial charge in [-0.05, 0) is 119 Å². The van der Waals surface area contributed by atoms with Gasteiger partial charge >= 0.3 is 43.6 Å². The fourth-order valence-electron chi connectivity index (χ4n) is 3.29. The number of hydrogen-bond donors (Lipinski definition) is 6. The van der Waals surface area contributed by atoms with Crippen LogP contribution in [0.3, 0.4) is 0 Å². The van der Waals surface area contributed by atoms with E-state index in [1.807, 2.05) is 0 Å². The molecule has 62 heavy (non-hydrogen) atoms. The highest BCUT2D eigenvalue weighted by Crippen LogP contribution is 2.25. The molecule has 20 heteroatoms. The zero-order valence-corrected chi connectivity index (χ0v) is 38.5. The van der Waals surface area contributed by atoms with Gasteiger partial charge in [0.05, 0.1) is 39.6 Å². The van der Waals surface area contributed by atoms with Gasteiger partial charge in [-0.1, -0.05) is 39.5 Å². The summed E-state index contributed by atoms with van der Waals surface area (Å²) >= 11 is 0. The molecule has 0 saturated heterocycles. The van der Waals surface area contributed by atoms with E-state index >= 15 is 0 Å². The summed E-state index contributed by atoms with van der Waals surface area (Å²) in [7, 11) is -4.64. The molecule has 0 saturated carbocycles. The Kier molecular flexibility index (Phi) is 42.9. The molecule has 19 nitrogen and oxygen atoms in total. The van der Waals surface area contributed by atoms with E-state index in [9.17, 15) is 28.8 Å². The minimum Gasteiger partial charge on any atom is -0.462 e. The van der Waals surface area contributed by atoms with Crippen LogP contribution in [0.5, 0.6) is 0 Å². The highest BCUT2D eigenvalue weighted by molar-refractivity contribution is 7.45. The second kappa shape index (κ2) is 41.6. The van der Waals surface area contributed by atoms with Crippen molar-refractivity contribution in [2.45, 2.75) is 80.1 Å². The van der Waals surface area contributed by atoms with Gasteiger partial charge in [0.15, 0.2) is 0 Å². The van der Waals surface area contributed by atoms with Gasteiger partial charge in [0.1, 0.15) is 0 Å². The molecule has 0 amide bonds. The molecule has 0 aliphatic rings. The summed E-state index contributed by atoms with van der Waals surface area (Å²) in [6, 6.07) is 0. The average Bonchev–Trinajstić information content (AvgIpc) is 3.17. The third kappa shape index (κ3) is 53.3. The summed E-state index contributed by atoms with van der Waals surface area (Å²) in [5.74, 6) is -2.13. The van der Waals surface area contributed by atoms with E-state index in [2.05, 4.69) is 55.4 Å². The number of carbonyl (C=O) groups is 6. The minimum absolute atomic E-state index is 0.355. The van der Waals surface area contributed by atoms with Crippen molar-refractivity contribution in [3.8, 4) is 0 Å². The first-order chi connectivity index (χ1) is 28.8. The van der Waals surface area contributed by atoms with E-state index in [1.165, 1.54) is 0 Å². The fourth-order valence-corrected chi connectivity index (χ4v) is 3.29. The van der Waals surface area contributed by atoms with Crippen molar-refractivity contribution in [1.82, 2.24) is 16.0 Å². The third-order valence-corrected chi connectivity index (χ3v) is 6.48. The lowest BCUT2D eigenvalue weighted by Crippen LogP contribution is -2.20. The Morgan fingerprint density at radius 1 is 0.355 bits per heavy atom. The van der Waals surface area contributed by atoms with Gasteiger partial charge in [-0.15, -0.1) is 0 Å². The number of phosphoric acid groups is 1. The normalized spacial score (nSPS) is 9.95. The molecule has 0 radical (unpaired) electrons. The Balaban J connectivity index is -0.000000385. The quantitative estimate of drug-likeness (QED) is 0.0196. The lowest BCUT2D eigenvalue weighted by Gasteiger charge is -2.07. The van der Waals surface area contributed by atoms with Gasteiger partial charge in [-0.3, -0.25) is 0 Å². The fraction of sp³-hybridized carbons (Fsp3) is 0.571. The Labute approximate surface area is 367 Å². The number of ether oxygens (including phenoxy) is 6. The van der Waals surface area contributed by atoms with E-state index in [4.69, 9.17) is 47.7 Å². The molecule has 6 N–H and O–H groups in total. The van der Waals surface area contributed by atoms with E-state index in [-0.39, 0.29) is 35.8 Å². The predicted molar refractivity (Wildman–Crippen MR) is 235 cm³/mol. The molecule has 0 aromatic heterocycles. The lowest BCUT2D eigenvalue weighted by molar-refractivity contribution is -0.140. The number of esters is 6. The van der Waals surface area contributed by atoms with Crippen molar-refractivity contribution in [2.75, 3.05) is 78.9 Å². The predicted octanol–water partition coefficient (Wildman–Crippen LogP) is 3.86. The Bertz CT molecular complexity index is 1230. The zero-order valence-electron chi connectivity index (χ0n) is 37.6. The Morgan fingerprint density at radius 2 is 0.468 bits per heavy atom. The molecule has 0 unspecified atom stereocenters. The molecule has 0 spiro atoms. The van der Waals surface area contributed by atoms with E-state index in [0.717, 1.165) is 77.8 Å². The first kappa shape index (κ1) is 63.9. The maximum atomic E-state index is 11.0. The van der Waals surface area contributed by atoms with Gasteiger partial charge in [0.2, 0.25) is 0 Å². The van der Waals surface area contributed by atoms with Crippen molar-refractivity contribution in [3.63, 3.8) is 0 Å². The van der Waals surface area contributed by atoms with E-state index in [1.54, 1.807) is 41.5 Å². The third-order valence-electron chi connectivity index (χ3n) is 6.48. The second-order valence-corrected chi connectivity index (χ2v) is 14.4. The number of nitrogens with one attached hydrogen (secondary N) is 3. The van der Waals surface area contributed by atoms with Crippen molar-refractivity contribution in [2.24, 2.45) is 0 Å². The number of hydrogen-bond acceptors (Lipinski definition) is 16. The van der Waals surface area contributed by atoms with Crippen LogP contribution in [0.15, 0.2) is 72.9 Å². The van der Waals surface area contributed by atoms with Crippen LogP contribution in [0.4, 0.5) is 0 Å². The smallest absolute Gasteiger partial charge is 0.462 e. The van der Waals surface area contributed by atoms with Gasteiger partial charge < -0.3 is 59.1 Å². The highest BCUT2D eigenvalue weighted by Gasteiger charge is 2.06. The van der Waals surface area contributed by atoms with Crippen molar-refractivity contribution >= 4 is 43.6 Å². The summed E-state index contributed by atoms with van der Waals surface area (Å²) in [5, 5.41) is 9.49. The molecular weight excluding hydrogens is 833 g/mol. The molecular formula is C42H72N3O16P. The monoisotopic (exact) mass is 905 g/mol. The minimum atomic E-state index is -4.64. The summed E-state index contributed by atoms with van der Waals surface area (Å²) in [5.41, 5.74) is 2.46. The standard InChI is InChI=1S/3C14H23NO4.H3O4P/c3*1-11(2)13(16)18-9-5-7-15-8-6-10-19-14(17)12(3)4;1-5(2,3)4/h3*15H,1,3,5-10H2,2,4H3;(H3,1,2,3,4). The molecule has 0 aromatic carbocycles. The summed E-state index contributed by atoms with van der Waals surface area (Å²) < 4.78 is 38.5. The van der Waals surface area contributed by atoms with Crippen LogP contribution >= 0.6 is 7.82 Å². The lowest BCUT2D eigenvalue weighted by atomic mass is 10.3. The highest BCUT2D eigenvalue weighted by atomic mass is 31.2. The van der Waals surface area contributed by atoms with Crippen LogP contribution in [0.1, 0.15) is 80.1 Å². The van der Waals surface area contributed by atoms with Gasteiger partial charge in [-0.2, -0.15) is 0 Å². The van der Waals surface area contributed by atoms with Crippen LogP contribution in [0.2, 0.25) is 0 Å². The van der Waals surface area contributed by atoms with Crippen molar-refractivity contribution in [1.29, 1.82) is 0 Å². The largest absolute Gasteiger partial charge is 0.466 e. The Hall–Kier alpha value is -4.75. The molecule has 0 aliphatic heterocycles. The molecule has 0 aromatic rings. The molecule has 0 atom stereocenters. The maximum Gasteiger partial charge on any atom is 0.466 e. The molecule has 0 rings (SSSR count). The van der Waals surface area contributed by atoms with Gasteiger partial charge in [0, 0.05) is 33.4 Å². The molecule has 0 fully saturated rings. The topological polar surface area (TPSA) is 272 Å². The Morgan fingerprint density at radius 3 is 0.565 bits per heavy atom. The van der Waals surface area contributed by atoms with Crippen LogP contribution in [0.25, 0.3) is 0 Å². The second-order valence-electron chi connectivity index (χ2n) is 13.4. The first-order valence-electron chi connectivity index (χ1n) is 19.7. The van der Waals surface area contributed by atoms with Crippen LogP contribution < -0.4 is 16.0 Å². The summed E-state index contributed by atoms with van der Waals surface area (Å²) in [6.45, 7) is 37.4. The first-order valence-corrected chi connectivity index (χ1v) is 21.3. The van der Waals surface area contributed by atoms with Crippen LogP contribution in [0, 0.1) is 0 Å². The molecule has 0 aliphatic carbocycles. The van der Waals surface area contributed by atoms with Gasteiger partial charge in [0.25, 0.3) is 0 Å². The zero-order chi connectivity index (χ0) is 48.5. The summed E-state index contributed by atoms with van der Waals surface area (Å²) in [6.07, 6.45) is 4.44. The van der Waals surface area contributed by atoms with Gasteiger partial charge in [-0.25, -0.2) is 33.3 Å². The van der Waals surface area contributed by atoms with Crippen LogP contribution in [-0.4, -0.2) is 129 Å². The average molecular weight is 906 g/mol. The van der Waals surface area contributed by atoms with E-state index < -0.39 is 7.82 Å². The maximum absolute atomic E-state index is 11.0. The summed E-state index contributed by atoms with van der Waals surface area (Å²) in [4.78, 5) is 87.8. The molecule has 0 heterocycles. The number of carbonyl (C=O) groups excluding carboxylic acids is 6.